The second-order valence-electron chi connectivity index (χ2n) is 8.18. The van der Waals surface area contributed by atoms with Gasteiger partial charge >= 0.3 is 0 Å². The van der Waals surface area contributed by atoms with Crippen molar-refractivity contribution in [1.29, 1.82) is 0 Å². The molecule has 1 N–H and O–H groups in total. The summed E-state index contributed by atoms with van der Waals surface area (Å²) in [6, 6.07) is 23.4. The van der Waals surface area contributed by atoms with Crippen LogP contribution in [0.4, 0.5) is 11.4 Å². The number of hydrogen-bond acceptors (Lipinski definition) is 6. The quantitative estimate of drug-likeness (QED) is 0.641. The van der Waals surface area contributed by atoms with Crippen LogP contribution in [0.1, 0.15) is 18.1 Å². The van der Waals surface area contributed by atoms with E-state index in [-0.39, 0.29) is 5.91 Å². The number of fused-ring (bicyclic) bond motifs is 3. The summed E-state index contributed by atoms with van der Waals surface area (Å²) < 4.78 is 11.2. The zero-order valence-corrected chi connectivity index (χ0v) is 18.9. The van der Waals surface area contributed by atoms with Gasteiger partial charge in [-0.25, -0.2) is 5.01 Å². The molecular formula is C26H26N4O3. The number of nitrogens with zero attached hydrogens (tertiary/aromatic N) is 3. The molecule has 0 bridgehead atoms. The number of carbonyl (C=O) groups excluding carboxylic acids is 1. The van der Waals surface area contributed by atoms with Crippen LogP contribution in [0.25, 0.3) is 0 Å². The molecule has 5 rings (SSSR count). The number of amidine groups is 1. The predicted molar refractivity (Wildman–Crippen MR) is 129 cm³/mol. The van der Waals surface area contributed by atoms with Gasteiger partial charge in [0.15, 0.2) is 17.2 Å². The molecule has 1 amide bonds. The Labute approximate surface area is 193 Å². The molecule has 7 heteroatoms. The highest BCUT2D eigenvalue weighted by molar-refractivity contribution is 6.42. The number of amides is 1. The molecule has 168 valence electrons. The third-order valence-electron chi connectivity index (χ3n) is 6.35. The third kappa shape index (κ3) is 3.36. The van der Waals surface area contributed by atoms with Crippen molar-refractivity contribution in [1.82, 2.24) is 4.90 Å². The number of para-hydroxylation sites is 2. The highest BCUT2D eigenvalue weighted by atomic mass is 16.5. The van der Waals surface area contributed by atoms with Crippen LogP contribution in [0.5, 0.6) is 11.5 Å². The van der Waals surface area contributed by atoms with Crippen molar-refractivity contribution in [2.24, 2.45) is 5.10 Å². The number of nitrogens with one attached hydrogen (secondary N) is 1. The Bertz CT molecular complexity index is 1210. The Morgan fingerprint density at radius 2 is 1.61 bits per heavy atom. The minimum atomic E-state index is -0.710. The number of hydrogen-bond donors (Lipinski definition) is 1. The maximum atomic E-state index is 13.4. The minimum absolute atomic E-state index is 0.241. The van der Waals surface area contributed by atoms with Crippen LogP contribution < -0.4 is 19.8 Å². The van der Waals surface area contributed by atoms with Gasteiger partial charge in [-0.3, -0.25) is 4.79 Å². The molecule has 0 spiro atoms. The summed E-state index contributed by atoms with van der Waals surface area (Å²) in [5, 5.41) is 9.77. The molecule has 2 aliphatic heterocycles. The first-order chi connectivity index (χ1) is 16.1. The van der Waals surface area contributed by atoms with Gasteiger partial charge in [0.05, 0.1) is 19.9 Å². The van der Waals surface area contributed by atoms with E-state index in [0.717, 1.165) is 28.9 Å². The molecule has 0 radical (unpaired) electrons. The average Bonchev–Trinajstić information content (AvgIpc) is 3.17. The first kappa shape index (κ1) is 20.9. The molecule has 7 nitrogen and oxygen atoms in total. The van der Waals surface area contributed by atoms with E-state index < -0.39 is 5.66 Å². The van der Waals surface area contributed by atoms with E-state index in [1.165, 1.54) is 0 Å². The Morgan fingerprint density at radius 1 is 0.970 bits per heavy atom. The summed E-state index contributed by atoms with van der Waals surface area (Å²) >= 11 is 0. The van der Waals surface area contributed by atoms with Gasteiger partial charge in [0.2, 0.25) is 5.84 Å². The third-order valence-corrected chi connectivity index (χ3v) is 6.35. The molecule has 3 aromatic carbocycles. The molecule has 33 heavy (non-hydrogen) atoms. The molecule has 0 fully saturated rings. The molecule has 2 heterocycles. The fourth-order valence-corrected chi connectivity index (χ4v) is 4.71. The van der Waals surface area contributed by atoms with Gasteiger partial charge in [-0.2, -0.15) is 0 Å². The van der Waals surface area contributed by atoms with Crippen LogP contribution >= 0.6 is 0 Å². The van der Waals surface area contributed by atoms with Gasteiger partial charge in [-0.05, 0) is 55.3 Å². The van der Waals surface area contributed by atoms with E-state index in [9.17, 15) is 4.79 Å². The predicted octanol–water partition coefficient (Wildman–Crippen LogP) is 4.21. The number of hydrazone groups is 1. The number of benzene rings is 3. The van der Waals surface area contributed by atoms with Crippen molar-refractivity contribution in [3.05, 3.63) is 83.9 Å². The molecule has 3 aromatic rings. The topological polar surface area (TPSA) is 66.4 Å². The summed E-state index contributed by atoms with van der Waals surface area (Å²) in [6.45, 7) is 2.74. The van der Waals surface area contributed by atoms with Crippen LogP contribution in [0.15, 0.2) is 77.9 Å². The summed E-state index contributed by atoms with van der Waals surface area (Å²) in [5.41, 5.74) is 3.09. The van der Waals surface area contributed by atoms with Crippen molar-refractivity contribution >= 4 is 23.1 Å². The van der Waals surface area contributed by atoms with Crippen LogP contribution in [0.2, 0.25) is 0 Å². The number of carbonyl (C=O) groups is 1. The smallest absolute Gasteiger partial charge is 0.293 e. The van der Waals surface area contributed by atoms with Crippen LogP contribution in [-0.4, -0.2) is 37.4 Å². The molecule has 0 saturated heterocycles. The number of methoxy groups -OCH3 is 2. The fraction of sp³-hybridized carbons (Fsp3) is 0.231. The number of rotatable bonds is 5. The Balaban J connectivity index is 1.62. The van der Waals surface area contributed by atoms with Gasteiger partial charge < -0.3 is 19.7 Å². The van der Waals surface area contributed by atoms with E-state index in [4.69, 9.17) is 14.6 Å². The molecule has 1 unspecified atom stereocenters. The van der Waals surface area contributed by atoms with Crippen LogP contribution in [0.3, 0.4) is 0 Å². The summed E-state index contributed by atoms with van der Waals surface area (Å²) in [7, 11) is 3.27. The molecule has 0 aromatic heterocycles. The lowest BCUT2D eigenvalue weighted by Crippen LogP contribution is -2.56. The van der Waals surface area contributed by atoms with Gasteiger partial charge in [0, 0.05) is 17.8 Å². The minimum Gasteiger partial charge on any atom is -0.493 e. The lowest BCUT2D eigenvalue weighted by atomic mass is 9.87. The Kier molecular flexibility index (Phi) is 5.17. The highest BCUT2D eigenvalue weighted by Gasteiger charge is 2.52. The van der Waals surface area contributed by atoms with Crippen molar-refractivity contribution in [2.75, 3.05) is 31.1 Å². The average molecular weight is 443 g/mol. The highest BCUT2D eigenvalue weighted by Crippen LogP contribution is 2.47. The second-order valence-corrected chi connectivity index (χ2v) is 8.18. The maximum Gasteiger partial charge on any atom is 0.293 e. The molecule has 0 aliphatic carbocycles. The van der Waals surface area contributed by atoms with Crippen molar-refractivity contribution in [3.63, 3.8) is 0 Å². The monoisotopic (exact) mass is 442 g/mol. The largest absolute Gasteiger partial charge is 0.493 e. The normalized spacial score (nSPS) is 18.8. The number of ether oxygens (including phenoxy) is 2. The van der Waals surface area contributed by atoms with E-state index in [1.54, 1.807) is 14.2 Å². The standard InChI is InChI=1S/C26H26N4O3/c1-26-21-17-23(33-3)22(32-2)16-18(21)14-15-29(26)24(25(31)27-19-10-6-4-7-11-19)28-30(26)20-12-8-5-9-13-20/h4-13,16-17H,14-15H2,1-3H3,(H,27,31). The van der Waals surface area contributed by atoms with E-state index in [1.807, 2.05) is 77.8 Å². The van der Waals surface area contributed by atoms with Crippen LogP contribution in [0, 0.1) is 0 Å². The zero-order chi connectivity index (χ0) is 23.0. The lowest BCUT2D eigenvalue weighted by Gasteiger charge is -2.46. The zero-order valence-electron chi connectivity index (χ0n) is 18.9. The Morgan fingerprint density at radius 3 is 2.27 bits per heavy atom. The summed E-state index contributed by atoms with van der Waals surface area (Å²) in [5.74, 6) is 1.48. The molecule has 1 atom stereocenters. The summed E-state index contributed by atoms with van der Waals surface area (Å²) in [4.78, 5) is 15.4. The van der Waals surface area contributed by atoms with Gasteiger partial charge in [0.1, 0.15) is 0 Å². The maximum absolute atomic E-state index is 13.4. The second kappa shape index (κ2) is 8.16. The molecule has 0 saturated carbocycles. The molecular weight excluding hydrogens is 416 g/mol. The van der Waals surface area contributed by atoms with Gasteiger partial charge in [-0.15, -0.1) is 5.10 Å². The van der Waals surface area contributed by atoms with Crippen molar-refractivity contribution in [2.45, 2.75) is 19.0 Å². The van der Waals surface area contributed by atoms with Crippen LogP contribution in [-0.2, 0) is 16.9 Å². The van der Waals surface area contributed by atoms with E-state index in [0.29, 0.717) is 23.9 Å². The lowest BCUT2D eigenvalue weighted by molar-refractivity contribution is -0.111. The van der Waals surface area contributed by atoms with Crippen molar-refractivity contribution < 1.29 is 14.3 Å². The Hall–Kier alpha value is -4.00. The summed E-state index contributed by atoms with van der Waals surface area (Å²) in [6.07, 6.45) is 0.756. The fourth-order valence-electron chi connectivity index (χ4n) is 4.71. The molecule has 2 aliphatic rings. The van der Waals surface area contributed by atoms with E-state index in [2.05, 4.69) is 17.1 Å². The van der Waals surface area contributed by atoms with Crippen molar-refractivity contribution in [3.8, 4) is 11.5 Å². The number of anilines is 2. The van der Waals surface area contributed by atoms with E-state index >= 15 is 0 Å². The first-order valence-electron chi connectivity index (χ1n) is 10.9. The van der Waals surface area contributed by atoms with Gasteiger partial charge in [0.25, 0.3) is 5.91 Å². The SMILES string of the molecule is COc1cc2c(cc1OC)C1(C)N(CC2)C(C(=O)Nc2ccccc2)=NN1c1ccccc1. The first-order valence-corrected chi connectivity index (χ1v) is 10.9. The van der Waals surface area contributed by atoms with Gasteiger partial charge in [-0.1, -0.05) is 36.4 Å².